The number of nitrogens with zero attached hydrogens (tertiary/aromatic N) is 4. The van der Waals surface area contributed by atoms with E-state index in [1.807, 2.05) is 0 Å². The summed E-state index contributed by atoms with van der Waals surface area (Å²) in [5.41, 5.74) is 1.84. The Morgan fingerprint density at radius 3 is 1.40 bits per heavy atom. The fourth-order valence-corrected chi connectivity index (χ4v) is 17.8. The molecule has 26 heteroatoms. The van der Waals surface area contributed by atoms with Crippen LogP contribution >= 0.6 is 69.1 Å². The molecule has 4 heterocycles. The Hall–Kier alpha value is -5.05. The third kappa shape index (κ3) is 11.9. The monoisotopic (exact) mass is 1330 g/mol. The topological polar surface area (TPSA) is 280 Å². The van der Waals surface area contributed by atoms with E-state index >= 15 is 4.39 Å². The number of benzene rings is 4. The van der Waals surface area contributed by atoms with Crippen molar-refractivity contribution in [2.24, 2.45) is 23.7 Å². The third-order valence-corrected chi connectivity index (χ3v) is 22.6. The van der Waals surface area contributed by atoms with Gasteiger partial charge in [-0.3, -0.25) is 9.35 Å². The fraction of sp³-hybridized carbons (Fsp3) is 0.443. The van der Waals surface area contributed by atoms with Gasteiger partial charge in [-0.25, -0.2) is 23.5 Å². The Morgan fingerprint density at radius 2 is 1.02 bits per heavy atom. The molecule has 87 heavy (non-hydrogen) atoms. The van der Waals surface area contributed by atoms with E-state index in [1.165, 1.54) is 34.8 Å². The summed E-state index contributed by atoms with van der Waals surface area (Å²) in [7, 11) is -4.19. The summed E-state index contributed by atoms with van der Waals surface area (Å²) in [6.07, 6.45) is 9.24. The van der Waals surface area contributed by atoms with E-state index in [0.29, 0.717) is 106 Å². The van der Waals surface area contributed by atoms with Crippen molar-refractivity contribution in [1.29, 1.82) is 0 Å². The highest BCUT2D eigenvalue weighted by Gasteiger charge is 2.58. The van der Waals surface area contributed by atoms with Gasteiger partial charge in [0.05, 0.1) is 66.2 Å². The number of thiazole rings is 2. The van der Waals surface area contributed by atoms with Gasteiger partial charge in [-0.1, -0.05) is 68.8 Å². The van der Waals surface area contributed by atoms with E-state index in [1.54, 1.807) is 36.4 Å². The predicted molar refractivity (Wildman–Crippen MR) is 325 cm³/mol. The normalized spacial score (nSPS) is 25.0. The van der Waals surface area contributed by atoms with Crippen LogP contribution in [-0.2, 0) is 44.0 Å². The van der Waals surface area contributed by atoms with Crippen molar-refractivity contribution >= 4 is 111 Å². The summed E-state index contributed by atoms with van der Waals surface area (Å²) < 4.78 is 86.1. The van der Waals surface area contributed by atoms with E-state index < -0.39 is 50.5 Å². The lowest BCUT2D eigenvalue weighted by Crippen LogP contribution is -2.44. The first kappa shape index (κ1) is 62.2. The lowest BCUT2D eigenvalue weighted by atomic mass is 9.73. The van der Waals surface area contributed by atoms with Crippen molar-refractivity contribution in [2.45, 2.75) is 138 Å². The number of aromatic nitrogens is 4. The van der Waals surface area contributed by atoms with E-state index in [4.69, 9.17) is 69.5 Å². The molecule has 0 radical (unpaired) electrons. The molecule has 8 atom stereocenters. The van der Waals surface area contributed by atoms with Crippen LogP contribution in [0.25, 0.3) is 42.9 Å². The minimum absolute atomic E-state index is 0. The average molecular weight is 1330 g/mol. The van der Waals surface area contributed by atoms with Gasteiger partial charge in [0.2, 0.25) is 0 Å². The van der Waals surface area contributed by atoms with Gasteiger partial charge in [0.1, 0.15) is 55.2 Å². The number of rotatable bonds is 18. The number of carbonyl (C=O) groups is 2. The molecule has 6 fully saturated rings. The summed E-state index contributed by atoms with van der Waals surface area (Å²) in [4.78, 5) is 33.1. The summed E-state index contributed by atoms with van der Waals surface area (Å²) in [6.45, 7) is 0.557. The van der Waals surface area contributed by atoms with Gasteiger partial charge in [-0.2, -0.15) is 8.42 Å². The molecule has 6 saturated carbocycles. The molecule has 6 aliphatic carbocycles. The first-order chi connectivity index (χ1) is 41.2. The summed E-state index contributed by atoms with van der Waals surface area (Å²) in [5, 5.41) is 44.9. The number of carboxylic acid groups (broad SMARTS) is 1. The van der Waals surface area contributed by atoms with E-state index in [2.05, 4.69) is 20.3 Å². The fourth-order valence-electron chi connectivity index (χ4n) is 13.6. The zero-order valence-electron chi connectivity index (χ0n) is 46.5. The van der Waals surface area contributed by atoms with Crippen molar-refractivity contribution < 1.29 is 65.2 Å². The van der Waals surface area contributed by atoms with Gasteiger partial charge in [-0.05, 0) is 156 Å². The highest BCUT2D eigenvalue weighted by Crippen LogP contribution is 2.59. The Morgan fingerprint density at radius 1 is 0.632 bits per heavy atom. The highest BCUT2D eigenvalue weighted by atomic mass is 35.5. The van der Waals surface area contributed by atoms with E-state index in [9.17, 15) is 37.7 Å². The van der Waals surface area contributed by atoms with E-state index in [-0.39, 0.29) is 83.6 Å². The molecule has 0 saturated heterocycles. The predicted octanol–water partition coefficient (Wildman–Crippen LogP) is 15.4. The number of halogens is 6. The van der Waals surface area contributed by atoms with Gasteiger partial charge < -0.3 is 40.0 Å². The Kier molecular flexibility index (Phi) is 17.4. The SMILES string of the molecule is N.O=C(CCCS(=O)(=O)O)c1cc(F)c2nc(C3(O)[C@@H]4CC[C@H]3CC(OCc3c(-c5c(Cl)cccc5Cl)noc3C3CC3)C4)sc2c1.O=C(O)c1cc(F)c2nc(C3(O)[C@@H]4CC[C@H]3CC(OCc3c(-c5c(Cl)cccc5Cl)noc3C3CC3)C4)sc2c1. The maximum Gasteiger partial charge on any atom is 0.335 e. The molecule has 7 N–H and O–H groups in total. The highest BCUT2D eigenvalue weighted by molar-refractivity contribution is 7.85. The van der Waals surface area contributed by atoms with Crippen molar-refractivity contribution in [2.75, 3.05) is 5.75 Å². The third-order valence-electron chi connectivity index (χ3n) is 18.2. The molecule has 8 aromatic rings. The minimum atomic E-state index is -4.19. The van der Waals surface area contributed by atoms with Crippen LogP contribution in [0.4, 0.5) is 8.78 Å². The average Bonchev–Trinajstić information content (AvgIpc) is 1.69. The number of aromatic carboxylic acids is 1. The molecular weight excluding hydrogens is 1270 g/mol. The van der Waals surface area contributed by atoms with Crippen LogP contribution in [0.3, 0.4) is 0 Å². The standard InChI is InChI=1S/C32H31Cl2FN2O7S2.C29H25Cl2FN2O5S.H3N/c33-22-3-1-4-23(34)27(22)28-21(30(44-37-28)16-6-7-16)15-43-20-13-18-8-9-19(14-20)32(18,39)31-36-29-24(35)11-17(12-26(29)45-31)25(38)5-2-10-46(40,41)42;30-19-2-1-3-20(31)23(19)24-18(26(39-34-24)13-4-5-13)12-38-17-10-15-6-7-16(11-17)29(15,37)28-33-25-21(32)8-14(27(35)36)9-22(25)40-28;/h1,3-4,11-12,16,18-20,39H,2,5-10,13-15H2,(H,40,41,42);1-3,8-9,13,15-17,37H,4-7,10-12H2,(H,35,36);1H3/t18-,19+,20?,32?;15-,16+,17?,29?;. The van der Waals surface area contributed by atoms with Gasteiger partial charge in [0, 0.05) is 46.1 Å². The molecule has 4 bridgehead atoms. The van der Waals surface area contributed by atoms with Crippen LogP contribution in [0.15, 0.2) is 69.7 Å². The lowest BCUT2D eigenvalue weighted by Gasteiger charge is -2.41. The number of carbonyl (C=O) groups excluding carboxylic acids is 1. The van der Waals surface area contributed by atoms with E-state index in [0.717, 1.165) is 86.1 Å². The number of hydrogen-bond donors (Lipinski definition) is 5. The maximum absolute atomic E-state index is 15.2. The minimum Gasteiger partial charge on any atom is -0.478 e. The van der Waals surface area contributed by atoms with Crippen LogP contribution < -0.4 is 6.15 Å². The number of Topliss-reactive ketones (excluding diaryl/α,β-unsaturated/α-hetero) is 1. The molecule has 0 aliphatic heterocycles. The lowest BCUT2D eigenvalue weighted by molar-refractivity contribution is -0.116. The Labute approximate surface area is 526 Å². The Balaban J connectivity index is 0.000000169. The molecule has 0 amide bonds. The number of ketones is 1. The molecule has 4 aromatic heterocycles. The smallest absolute Gasteiger partial charge is 0.335 e. The molecule has 14 rings (SSSR count). The second kappa shape index (κ2) is 24.3. The number of hydrogen-bond acceptors (Lipinski definition) is 17. The number of fused-ring (bicyclic) bond motifs is 6. The summed E-state index contributed by atoms with van der Waals surface area (Å²) in [5.74, 6) is -1.86. The molecule has 460 valence electrons. The largest absolute Gasteiger partial charge is 0.478 e. The van der Waals surface area contributed by atoms with Gasteiger partial charge in [0.15, 0.2) is 17.4 Å². The van der Waals surface area contributed by atoms with Crippen molar-refractivity contribution in [3.8, 4) is 22.5 Å². The zero-order chi connectivity index (χ0) is 60.1. The van der Waals surface area contributed by atoms with Crippen LogP contribution in [0.2, 0.25) is 20.1 Å². The van der Waals surface area contributed by atoms with Crippen LogP contribution in [0, 0.1) is 35.3 Å². The quantitative estimate of drug-likeness (QED) is 0.0394. The summed E-state index contributed by atoms with van der Waals surface area (Å²) >= 11 is 28.4. The van der Waals surface area contributed by atoms with Gasteiger partial charge in [0.25, 0.3) is 10.1 Å². The number of carboxylic acids is 1. The van der Waals surface area contributed by atoms with Gasteiger partial charge in [-0.15, -0.1) is 22.7 Å². The van der Waals surface area contributed by atoms with Gasteiger partial charge >= 0.3 is 5.97 Å². The Bertz CT molecular complexity index is 4050. The molecule has 0 spiro atoms. The second-order valence-corrected chi connectivity index (χ2v) is 28.9. The van der Waals surface area contributed by atoms with Crippen LogP contribution in [0.1, 0.15) is 155 Å². The second-order valence-electron chi connectivity index (χ2n) is 23.7. The van der Waals surface area contributed by atoms with Crippen LogP contribution in [0.5, 0.6) is 0 Å². The molecular formula is C61H59Cl4F2N5O12S3. The van der Waals surface area contributed by atoms with Crippen LogP contribution in [-0.4, -0.2) is 78.3 Å². The number of ether oxygens (including phenoxy) is 2. The maximum atomic E-state index is 15.2. The van der Waals surface area contributed by atoms with Crippen molar-refractivity contribution in [1.82, 2.24) is 26.4 Å². The molecule has 6 aliphatic rings. The number of aliphatic hydroxyl groups is 2. The summed E-state index contributed by atoms with van der Waals surface area (Å²) in [6, 6.07) is 15.7. The van der Waals surface area contributed by atoms with Crippen molar-refractivity contribution in [3.05, 3.63) is 136 Å². The zero-order valence-corrected chi connectivity index (χ0v) is 51.9. The first-order valence-corrected chi connectivity index (χ1v) is 33.4. The molecule has 4 unspecified atom stereocenters. The van der Waals surface area contributed by atoms with Crippen molar-refractivity contribution in [3.63, 3.8) is 0 Å². The molecule has 17 nitrogen and oxygen atoms in total. The molecule has 4 aromatic carbocycles. The first-order valence-electron chi connectivity index (χ1n) is 28.6.